The maximum Gasteiger partial charge on any atom is 0.244 e. The zero-order valence-corrected chi connectivity index (χ0v) is 21.9. The van der Waals surface area contributed by atoms with Crippen LogP contribution in [0, 0.1) is 18.8 Å². The van der Waals surface area contributed by atoms with Crippen molar-refractivity contribution in [1.82, 2.24) is 9.55 Å². The van der Waals surface area contributed by atoms with Gasteiger partial charge in [0.05, 0.1) is 30.8 Å². The van der Waals surface area contributed by atoms with Gasteiger partial charge < -0.3 is 19.8 Å². The Kier molecular flexibility index (Phi) is 6.96. The van der Waals surface area contributed by atoms with E-state index in [2.05, 4.69) is 29.7 Å². The molecule has 36 heavy (non-hydrogen) atoms. The summed E-state index contributed by atoms with van der Waals surface area (Å²) in [6.45, 7) is 2.08. The van der Waals surface area contributed by atoms with Crippen molar-refractivity contribution in [2.24, 2.45) is 17.6 Å². The van der Waals surface area contributed by atoms with Crippen molar-refractivity contribution in [3.05, 3.63) is 42.0 Å². The lowest BCUT2D eigenvalue weighted by Crippen LogP contribution is -2.58. The Morgan fingerprint density at radius 2 is 1.56 bits per heavy atom. The fraction of sp³-hybridized carbons (Fsp3) is 0.533. The van der Waals surface area contributed by atoms with E-state index in [9.17, 15) is 4.79 Å². The van der Waals surface area contributed by atoms with E-state index in [0.29, 0.717) is 5.75 Å². The van der Waals surface area contributed by atoms with Crippen molar-refractivity contribution in [2.45, 2.75) is 76.7 Å². The van der Waals surface area contributed by atoms with Gasteiger partial charge in [-0.05, 0) is 74.3 Å². The quantitative estimate of drug-likeness (QED) is 0.418. The van der Waals surface area contributed by atoms with Crippen LogP contribution in [0.2, 0.25) is 0 Å². The molecule has 1 aromatic heterocycles. The number of primary amides is 1. The molecule has 0 aliphatic heterocycles. The minimum absolute atomic E-state index is 0.188. The number of ether oxygens (including phenoxy) is 2. The molecule has 6 heteroatoms. The molecule has 0 saturated heterocycles. The highest BCUT2D eigenvalue weighted by atomic mass is 16.5. The predicted molar refractivity (Wildman–Crippen MR) is 143 cm³/mol. The number of methoxy groups -OCH3 is 2. The van der Waals surface area contributed by atoms with Crippen LogP contribution in [0.1, 0.15) is 69.8 Å². The average Bonchev–Trinajstić information content (AvgIpc) is 3.28. The van der Waals surface area contributed by atoms with Crippen LogP contribution in [0.3, 0.4) is 0 Å². The summed E-state index contributed by atoms with van der Waals surface area (Å²) >= 11 is 0. The van der Waals surface area contributed by atoms with E-state index in [-0.39, 0.29) is 17.7 Å². The summed E-state index contributed by atoms with van der Waals surface area (Å²) in [5.74, 6) is 2.31. The third-order valence-electron chi connectivity index (χ3n) is 8.68. The van der Waals surface area contributed by atoms with Crippen LogP contribution >= 0.6 is 0 Å². The number of imidazole rings is 1. The standard InChI is InChI=1S/C30H39N3O3/c1-20-14-17-26-25(18-20)32-28(24-16-15-23(35-2)19-27(24)36-3)33(26)30(29(31)34,21-10-6-4-7-11-21)22-12-8-5-9-13-22/h14-19,21-22H,4-13H2,1-3H3,(H2,31,34). The minimum Gasteiger partial charge on any atom is -0.497 e. The highest BCUT2D eigenvalue weighted by Gasteiger charge is 2.53. The van der Waals surface area contributed by atoms with E-state index in [4.69, 9.17) is 20.2 Å². The third kappa shape index (κ3) is 4.04. The maximum atomic E-state index is 14.0. The van der Waals surface area contributed by atoms with Crippen LogP contribution in [0.25, 0.3) is 22.4 Å². The topological polar surface area (TPSA) is 79.4 Å². The molecule has 2 saturated carbocycles. The van der Waals surface area contributed by atoms with Crippen LogP contribution in [-0.4, -0.2) is 29.7 Å². The SMILES string of the molecule is COc1ccc(-c2nc3cc(C)ccc3n2C(C(N)=O)(C2CCCCC2)C2CCCCC2)c(OC)c1. The lowest BCUT2D eigenvalue weighted by atomic mass is 9.63. The summed E-state index contributed by atoms with van der Waals surface area (Å²) in [4.78, 5) is 19.2. The molecule has 5 rings (SSSR count). The highest BCUT2D eigenvalue weighted by molar-refractivity contribution is 5.90. The number of amides is 1. The van der Waals surface area contributed by atoms with E-state index in [1.165, 1.54) is 12.8 Å². The van der Waals surface area contributed by atoms with Crippen LogP contribution < -0.4 is 15.2 Å². The molecule has 1 amide bonds. The fourth-order valence-electron chi connectivity index (χ4n) is 7.03. The number of hydrogen-bond donors (Lipinski definition) is 1. The molecule has 3 aromatic rings. The van der Waals surface area contributed by atoms with Crippen molar-refractivity contribution in [1.29, 1.82) is 0 Å². The number of carbonyl (C=O) groups excluding carboxylic acids is 1. The second-order valence-electron chi connectivity index (χ2n) is 10.7. The molecular weight excluding hydrogens is 450 g/mol. The Bertz CT molecular complexity index is 1220. The Hall–Kier alpha value is -3.02. The van der Waals surface area contributed by atoms with Crippen LogP contribution in [0.15, 0.2) is 36.4 Å². The second-order valence-corrected chi connectivity index (χ2v) is 10.7. The minimum atomic E-state index is -0.828. The van der Waals surface area contributed by atoms with Gasteiger partial charge in [0.15, 0.2) is 0 Å². The smallest absolute Gasteiger partial charge is 0.244 e. The normalized spacial score (nSPS) is 17.9. The average molecular weight is 490 g/mol. The number of aryl methyl sites for hydroxylation is 1. The zero-order chi connectivity index (χ0) is 25.3. The molecule has 1 heterocycles. The molecule has 2 fully saturated rings. The number of fused-ring (bicyclic) bond motifs is 1. The number of carbonyl (C=O) groups is 1. The van der Waals surface area contributed by atoms with E-state index < -0.39 is 5.54 Å². The number of nitrogens with two attached hydrogens (primary N) is 1. The second kappa shape index (κ2) is 10.2. The summed E-state index contributed by atoms with van der Waals surface area (Å²) < 4.78 is 13.5. The molecule has 0 spiro atoms. The van der Waals surface area contributed by atoms with Gasteiger partial charge >= 0.3 is 0 Å². The van der Waals surface area contributed by atoms with Crippen molar-refractivity contribution >= 4 is 16.9 Å². The van der Waals surface area contributed by atoms with Crippen molar-refractivity contribution < 1.29 is 14.3 Å². The lowest BCUT2D eigenvalue weighted by molar-refractivity contribution is -0.135. The summed E-state index contributed by atoms with van der Waals surface area (Å²) in [6, 6.07) is 12.2. The fourth-order valence-corrected chi connectivity index (χ4v) is 7.03. The first-order chi connectivity index (χ1) is 17.5. The molecule has 2 aliphatic carbocycles. The van der Waals surface area contributed by atoms with Gasteiger partial charge in [0, 0.05) is 6.07 Å². The van der Waals surface area contributed by atoms with E-state index in [1.807, 2.05) is 18.2 Å². The summed E-state index contributed by atoms with van der Waals surface area (Å²) in [5.41, 5.74) is 9.60. The molecule has 0 atom stereocenters. The van der Waals surface area contributed by atoms with Crippen molar-refractivity contribution in [3.63, 3.8) is 0 Å². The van der Waals surface area contributed by atoms with E-state index in [1.54, 1.807) is 14.2 Å². The first-order valence-corrected chi connectivity index (χ1v) is 13.5. The molecule has 0 unspecified atom stereocenters. The molecule has 2 aliphatic rings. The molecule has 192 valence electrons. The summed E-state index contributed by atoms with van der Waals surface area (Å²) in [5, 5.41) is 0. The largest absolute Gasteiger partial charge is 0.497 e. The molecular formula is C30H39N3O3. The molecule has 2 N–H and O–H groups in total. The van der Waals surface area contributed by atoms with Crippen LogP contribution in [0.5, 0.6) is 11.5 Å². The molecule has 0 radical (unpaired) electrons. The first kappa shape index (κ1) is 24.7. The summed E-state index contributed by atoms with van der Waals surface area (Å²) in [6.07, 6.45) is 11.1. The third-order valence-corrected chi connectivity index (χ3v) is 8.68. The highest BCUT2D eigenvalue weighted by Crippen LogP contribution is 2.51. The monoisotopic (exact) mass is 489 g/mol. The number of rotatable bonds is 7. The zero-order valence-electron chi connectivity index (χ0n) is 21.9. The van der Waals surface area contributed by atoms with Gasteiger partial charge in [-0.25, -0.2) is 4.98 Å². The number of nitrogens with zero attached hydrogens (tertiary/aromatic N) is 2. The van der Waals surface area contributed by atoms with Gasteiger partial charge in [-0.1, -0.05) is 44.6 Å². The molecule has 0 bridgehead atoms. The van der Waals surface area contributed by atoms with Crippen LogP contribution in [0.4, 0.5) is 0 Å². The Morgan fingerprint density at radius 3 is 2.11 bits per heavy atom. The van der Waals surface area contributed by atoms with Crippen LogP contribution in [-0.2, 0) is 10.3 Å². The van der Waals surface area contributed by atoms with Gasteiger partial charge in [0.1, 0.15) is 22.9 Å². The van der Waals surface area contributed by atoms with E-state index in [0.717, 1.165) is 85.1 Å². The van der Waals surface area contributed by atoms with E-state index >= 15 is 0 Å². The first-order valence-electron chi connectivity index (χ1n) is 13.5. The lowest BCUT2D eigenvalue weighted by Gasteiger charge is -2.48. The van der Waals surface area contributed by atoms with Gasteiger partial charge in [-0.15, -0.1) is 0 Å². The number of aromatic nitrogens is 2. The Morgan fingerprint density at radius 1 is 0.917 bits per heavy atom. The van der Waals surface area contributed by atoms with Gasteiger partial charge in [0.2, 0.25) is 5.91 Å². The number of benzene rings is 2. The van der Waals surface area contributed by atoms with Gasteiger partial charge in [-0.2, -0.15) is 0 Å². The summed E-state index contributed by atoms with van der Waals surface area (Å²) in [7, 11) is 3.32. The maximum absolute atomic E-state index is 14.0. The Labute approximate surface area is 214 Å². The number of hydrogen-bond acceptors (Lipinski definition) is 4. The predicted octanol–water partition coefficient (Wildman–Crippen LogP) is 6.37. The van der Waals surface area contributed by atoms with Gasteiger partial charge in [-0.3, -0.25) is 4.79 Å². The molecule has 2 aromatic carbocycles. The molecule has 6 nitrogen and oxygen atoms in total. The van der Waals surface area contributed by atoms with Crippen molar-refractivity contribution in [2.75, 3.05) is 14.2 Å². The van der Waals surface area contributed by atoms with Crippen molar-refractivity contribution in [3.8, 4) is 22.9 Å². The van der Waals surface area contributed by atoms with Gasteiger partial charge in [0.25, 0.3) is 0 Å². The Balaban J connectivity index is 1.86.